The van der Waals surface area contributed by atoms with Gasteiger partial charge in [0.1, 0.15) is 0 Å². The Morgan fingerprint density at radius 1 is 1.56 bits per heavy atom. The van der Waals surface area contributed by atoms with E-state index >= 15 is 0 Å². The number of nitrogens with one attached hydrogen (secondary N) is 1. The van der Waals surface area contributed by atoms with Crippen LogP contribution in [0.2, 0.25) is 0 Å². The first kappa shape index (κ1) is 10.3. The Hall–Kier alpha value is -0.870. The van der Waals surface area contributed by atoms with Gasteiger partial charge in [-0.25, -0.2) is 0 Å². The lowest BCUT2D eigenvalue weighted by Gasteiger charge is -2.29. The van der Waals surface area contributed by atoms with E-state index in [-0.39, 0.29) is 5.92 Å². The van der Waals surface area contributed by atoms with Crippen molar-refractivity contribution in [2.75, 3.05) is 19.6 Å². The van der Waals surface area contributed by atoms with E-state index in [0.29, 0.717) is 5.91 Å². The van der Waals surface area contributed by atoms with Crippen molar-refractivity contribution in [2.45, 2.75) is 19.4 Å². The molecule has 0 saturated carbocycles. The van der Waals surface area contributed by atoms with Crippen LogP contribution in [0, 0.1) is 5.92 Å². The van der Waals surface area contributed by atoms with Crippen LogP contribution in [0.5, 0.6) is 0 Å². The molecule has 0 radical (unpaired) electrons. The Labute approximate surface area is 99.5 Å². The number of carbonyl (C=O) groups is 1. The number of hydrogen-bond acceptors (Lipinski definition) is 3. The zero-order valence-electron chi connectivity index (χ0n) is 9.24. The molecular formula is C12H16N2OS. The molecule has 0 spiro atoms. The highest BCUT2D eigenvalue weighted by Crippen LogP contribution is 2.25. The standard InChI is InChI=1S/C12H16N2OS/c15-12(9-1-4-13-7-9)14-5-2-11-10(8-14)3-6-16-11/h3,6,9,13H,1-2,4-5,7-8H2/t9-/m1/s1. The molecule has 16 heavy (non-hydrogen) atoms. The number of rotatable bonds is 1. The van der Waals surface area contributed by atoms with E-state index in [4.69, 9.17) is 0 Å². The summed E-state index contributed by atoms with van der Waals surface area (Å²) in [6.07, 6.45) is 2.05. The number of carbonyl (C=O) groups excluding carboxylic acids is 1. The lowest BCUT2D eigenvalue weighted by atomic mass is 10.0. The van der Waals surface area contributed by atoms with Crippen LogP contribution < -0.4 is 5.32 Å². The maximum absolute atomic E-state index is 12.2. The predicted octanol–water partition coefficient (Wildman–Crippen LogP) is 1.24. The van der Waals surface area contributed by atoms with Gasteiger partial charge in [0.15, 0.2) is 0 Å². The fourth-order valence-corrected chi connectivity index (χ4v) is 3.45. The van der Waals surface area contributed by atoms with Crippen LogP contribution in [0.15, 0.2) is 11.4 Å². The van der Waals surface area contributed by atoms with Crippen LogP contribution >= 0.6 is 11.3 Å². The van der Waals surface area contributed by atoms with Gasteiger partial charge in [-0.3, -0.25) is 4.79 Å². The maximum Gasteiger partial charge on any atom is 0.227 e. The average Bonchev–Trinajstić information content (AvgIpc) is 2.98. The first-order chi connectivity index (χ1) is 7.84. The van der Waals surface area contributed by atoms with E-state index in [1.165, 1.54) is 10.4 Å². The smallest absolute Gasteiger partial charge is 0.227 e. The number of nitrogens with zero attached hydrogens (tertiary/aromatic N) is 1. The molecule has 3 nitrogen and oxygen atoms in total. The molecule has 1 atom stereocenters. The second-order valence-electron chi connectivity index (χ2n) is 4.57. The molecule has 1 aromatic rings. The lowest BCUT2D eigenvalue weighted by Crippen LogP contribution is -2.39. The Morgan fingerprint density at radius 3 is 3.31 bits per heavy atom. The summed E-state index contributed by atoms with van der Waals surface area (Å²) >= 11 is 1.82. The average molecular weight is 236 g/mol. The molecular weight excluding hydrogens is 220 g/mol. The summed E-state index contributed by atoms with van der Waals surface area (Å²) in [5, 5.41) is 5.40. The molecule has 0 unspecified atom stereocenters. The summed E-state index contributed by atoms with van der Waals surface area (Å²) < 4.78 is 0. The van der Waals surface area contributed by atoms with Crippen molar-refractivity contribution in [1.82, 2.24) is 10.2 Å². The molecule has 3 heterocycles. The van der Waals surface area contributed by atoms with Gasteiger partial charge < -0.3 is 10.2 Å². The van der Waals surface area contributed by atoms with Gasteiger partial charge in [-0.15, -0.1) is 11.3 Å². The normalized spacial score (nSPS) is 24.5. The van der Waals surface area contributed by atoms with Crippen LogP contribution in [0.25, 0.3) is 0 Å². The minimum Gasteiger partial charge on any atom is -0.338 e. The van der Waals surface area contributed by atoms with Gasteiger partial charge >= 0.3 is 0 Å². The Morgan fingerprint density at radius 2 is 2.50 bits per heavy atom. The van der Waals surface area contributed by atoms with Crippen LogP contribution in [0.1, 0.15) is 16.9 Å². The quantitative estimate of drug-likeness (QED) is 0.795. The Balaban J connectivity index is 1.71. The van der Waals surface area contributed by atoms with E-state index in [9.17, 15) is 4.79 Å². The van der Waals surface area contributed by atoms with E-state index < -0.39 is 0 Å². The van der Waals surface area contributed by atoms with Crippen LogP contribution in [0.3, 0.4) is 0 Å². The summed E-state index contributed by atoms with van der Waals surface area (Å²) in [6, 6.07) is 2.16. The van der Waals surface area contributed by atoms with E-state index in [1.54, 1.807) is 0 Å². The summed E-state index contributed by atoms with van der Waals surface area (Å²) in [5.74, 6) is 0.571. The molecule has 4 heteroatoms. The van der Waals surface area contributed by atoms with E-state index in [2.05, 4.69) is 16.8 Å². The Bertz CT molecular complexity index is 395. The molecule has 2 aliphatic heterocycles. The summed E-state index contributed by atoms with van der Waals surface area (Å²) in [5.41, 5.74) is 1.36. The minimum atomic E-state index is 0.222. The van der Waals surface area contributed by atoms with Crippen molar-refractivity contribution in [3.63, 3.8) is 0 Å². The fraction of sp³-hybridized carbons (Fsp3) is 0.583. The first-order valence-corrected chi connectivity index (χ1v) is 6.77. The zero-order valence-corrected chi connectivity index (χ0v) is 10.1. The third kappa shape index (κ3) is 1.76. The van der Waals surface area contributed by atoms with E-state index in [0.717, 1.165) is 39.0 Å². The van der Waals surface area contributed by atoms with Gasteiger partial charge in [-0.2, -0.15) is 0 Å². The Kier molecular flexibility index (Phi) is 2.69. The molecule has 3 rings (SSSR count). The van der Waals surface area contributed by atoms with Crippen molar-refractivity contribution in [2.24, 2.45) is 5.92 Å². The monoisotopic (exact) mass is 236 g/mol. The second-order valence-corrected chi connectivity index (χ2v) is 5.57. The lowest BCUT2D eigenvalue weighted by molar-refractivity contribution is -0.135. The third-order valence-electron chi connectivity index (χ3n) is 3.53. The predicted molar refractivity (Wildman–Crippen MR) is 64.4 cm³/mol. The molecule has 1 aromatic heterocycles. The van der Waals surface area contributed by atoms with Gasteiger partial charge in [0.05, 0.1) is 5.92 Å². The van der Waals surface area contributed by atoms with Crippen molar-refractivity contribution in [3.05, 3.63) is 21.9 Å². The topological polar surface area (TPSA) is 32.3 Å². The molecule has 1 saturated heterocycles. The summed E-state index contributed by atoms with van der Waals surface area (Å²) in [6.45, 7) is 3.59. The molecule has 0 aliphatic carbocycles. The zero-order chi connectivity index (χ0) is 11.0. The van der Waals surface area contributed by atoms with Gasteiger partial charge in [-0.1, -0.05) is 0 Å². The van der Waals surface area contributed by atoms with Crippen LogP contribution in [0.4, 0.5) is 0 Å². The highest BCUT2D eigenvalue weighted by molar-refractivity contribution is 7.10. The van der Waals surface area contributed by atoms with Crippen molar-refractivity contribution in [1.29, 1.82) is 0 Å². The van der Waals surface area contributed by atoms with Crippen LogP contribution in [-0.4, -0.2) is 30.4 Å². The van der Waals surface area contributed by atoms with Gasteiger partial charge in [0.2, 0.25) is 5.91 Å². The fourth-order valence-electron chi connectivity index (χ4n) is 2.56. The van der Waals surface area contributed by atoms with Gasteiger partial charge in [0, 0.05) is 24.5 Å². The molecule has 0 aromatic carbocycles. The van der Waals surface area contributed by atoms with E-state index in [1.807, 2.05) is 16.2 Å². The van der Waals surface area contributed by atoms with Crippen molar-refractivity contribution < 1.29 is 4.79 Å². The van der Waals surface area contributed by atoms with Gasteiger partial charge in [-0.05, 0) is 36.4 Å². The number of fused-ring (bicyclic) bond motifs is 1. The summed E-state index contributed by atoms with van der Waals surface area (Å²) in [4.78, 5) is 15.7. The molecule has 0 bridgehead atoms. The molecule has 1 amide bonds. The van der Waals surface area contributed by atoms with Crippen LogP contribution in [-0.2, 0) is 17.8 Å². The molecule has 1 N–H and O–H groups in total. The maximum atomic E-state index is 12.2. The SMILES string of the molecule is O=C([C@@H]1CCNC1)N1CCc2sccc2C1. The van der Waals surface area contributed by atoms with Crippen molar-refractivity contribution >= 4 is 17.2 Å². The summed E-state index contributed by atoms with van der Waals surface area (Å²) in [7, 11) is 0. The second kappa shape index (κ2) is 4.18. The first-order valence-electron chi connectivity index (χ1n) is 5.89. The van der Waals surface area contributed by atoms with Crippen molar-refractivity contribution in [3.8, 4) is 0 Å². The highest BCUT2D eigenvalue weighted by atomic mass is 32.1. The highest BCUT2D eigenvalue weighted by Gasteiger charge is 2.29. The number of hydrogen-bond donors (Lipinski definition) is 1. The third-order valence-corrected chi connectivity index (χ3v) is 4.55. The minimum absolute atomic E-state index is 0.222. The molecule has 2 aliphatic rings. The number of amides is 1. The van der Waals surface area contributed by atoms with Gasteiger partial charge in [0.25, 0.3) is 0 Å². The largest absolute Gasteiger partial charge is 0.338 e. The number of thiophene rings is 1. The molecule has 1 fully saturated rings. The molecule has 86 valence electrons.